The first-order valence-corrected chi connectivity index (χ1v) is 12.2. The molecule has 0 spiro atoms. The van der Waals surface area contributed by atoms with Gasteiger partial charge in [0.2, 0.25) is 10.0 Å². The fourth-order valence-corrected chi connectivity index (χ4v) is 6.04. The molecule has 0 amide bonds. The summed E-state index contributed by atoms with van der Waals surface area (Å²) in [6, 6.07) is 5.76. The summed E-state index contributed by atoms with van der Waals surface area (Å²) in [7, 11) is -3.66. The van der Waals surface area contributed by atoms with Crippen molar-refractivity contribution in [1.29, 1.82) is 0 Å². The molecule has 1 aromatic heterocycles. The lowest BCUT2D eigenvalue weighted by Crippen LogP contribution is -2.42. The number of piperidine rings is 1. The number of benzene rings is 1. The summed E-state index contributed by atoms with van der Waals surface area (Å²) >= 11 is 0. The zero-order valence-corrected chi connectivity index (χ0v) is 19.6. The Morgan fingerprint density at radius 2 is 1.69 bits per heavy atom. The van der Waals surface area contributed by atoms with Gasteiger partial charge in [0.25, 0.3) is 0 Å². The minimum Gasteiger partial charge on any atom is -0.357 e. The molecule has 174 valence electrons. The number of sulfonamides is 1. The van der Waals surface area contributed by atoms with E-state index < -0.39 is 33.4 Å². The van der Waals surface area contributed by atoms with Crippen LogP contribution in [0.5, 0.6) is 0 Å². The number of ketones is 1. The molecular formula is C23H29F2N3O3S. The summed E-state index contributed by atoms with van der Waals surface area (Å²) in [4.78, 5) is 19.1. The van der Waals surface area contributed by atoms with Crippen molar-refractivity contribution in [2.24, 2.45) is 5.92 Å². The van der Waals surface area contributed by atoms with Crippen molar-refractivity contribution >= 4 is 21.6 Å². The van der Waals surface area contributed by atoms with Crippen LogP contribution < -0.4 is 4.90 Å². The molecule has 0 unspecified atom stereocenters. The largest absolute Gasteiger partial charge is 0.357 e. The van der Waals surface area contributed by atoms with Crippen LogP contribution in [0.2, 0.25) is 0 Å². The number of carbonyl (C=O) groups is 1. The zero-order valence-electron chi connectivity index (χ0n) is 18.8. The minimum atomic E-state index is -3.66. The molecule has 0 saturated carbocycles. The maximum absolute atomic E-state index is 13.9. The predicted molar refractivity (Wildman–Crippen MR) is 119 cm³/mol. The molecule has 2 aromatic rings. The van der Waals surface area contributed by atoms with Crippen LogP contribution in [0.15, 0.2) is 41.4 Å². The molecule has 0 aliphatic carbocycles. The van der Waals surface area contributed by atoms with Crippen LogP contribution >= 0.6 is 0 Å². The van der Waals surface area contributed by atoms with E-state index in [9.17, 15) is 22.0 Å². The smallest absolute Gasteiger partial charge is 0.245 e. The molecule has 0 atom stereocenters. The van der Waals surface area contributed by atoms with E-state index >= 15 is 0 Å². The van der Waals surface area contributed by atoms with Crippen molar-refractivity contribution < 1.29 is 22.0 Å². The highest BCUT2D eigenvalue weighted by Gasteiger charge is 2.31. The normalized spacial score (nSPS) is 15.7. The molecule has 1 aliphatic heterocycles. The average molecular weight is 466 g/mol. The SMILES string of the molecule is CC(C)N(C(C)C)S(=O)(=O)c1ccc(N2CCC(C(=O)c3cc(F)ccc3F)CC2)nc1. The molecule has 0 bridgehead atoms. The average Bonchev–Trinajstić information content (AvgIpc) is 2.74. The van der Waals surface area contributed by atoms with Crippen LogP contribution in [-0.4, -0.2) is 48.7 Å². The van der Waals surface area contributed by atoms with E-state index in [1.807, 2.05) is 32.6 Å². The molecule has 0 radical (unpaired) electrons. The third-order valence-electron chi connectivity index (χ3n) is 5.70. The molecule has 1 aromatic carbocycles. The highest BCUT2D eigenvalue weighted by Crippen LogP contribution is 2.27. The van der Waals surface area contributed by atoms with Gasteiger partial charge in [-0.3, -0.25) is 4.79 Å². The van der Waals surface area contributed by atoms with E-state index in [0.29, 0.717) is 31.7 Å². The number of pyridine rings is 1. The zero-order chi connectivity index (χ0) is 23.6. The topological polar surface area (TPSA) is 70.6 Å². The minimum absolute atomic E-state index is 0.135. The molecule has 1 aliphatic rings. The summed E-state index contributed by atoms with van der Waals surface area (Å²) in [5.74, 6) is -1.52. The summed E-state index contributed by atoms with van der Waals surface area (Å²) < 4.78 is 54.8. The Bertz CT molecular complexity index is 1060. The van der Waals surface area contributed by atoms with Crippen molar-refractivity contribution in [2.45, 2.75) is 57.5 Å². The number of anilines is 1. The highest BCUT2D eigenvalue weighted by molar-refractivity contribution is 7.89. The molecule has 3 rings (SSSR count). The van der Waals surface area contributed by atoms with Gasteiger partial charge in [0.05, 0.1) is 5.56 Å². The second-order valence-electron chi connectivity index (χ2n) is 8.62. The van der Waals surface area contributed by atoms with Crippen molar-refractivity contribution in [3.8, 4) is 0 Å². The Morgan fingerprint density at radius 3 is 2.22 bits per heavy atom. The van der Waals surface area contributed by atoms with E-state index in [1.165, 1.54) is 10.5 Å². The van der Waals surface area contributed by atoms with Crippen molar-refractivity contribution in [3.05, 3.63) is 53.7 Å². The number of hydrogen-bond donors (Lipinski definition) is 0. The van der Waals surface area contributed by atoms with Crippen LogP contribution in [0.25, 0.3) is 0 Å². The fraction of sp³-hybridized carbons (Fsp3) is 0.478. The van der Waals surface area contributed by atoms with E-state index in [1.54, 1.807) is 12.1 Å². The van der Waals surface area contributed by atoms with Gasteiger partial charge >= 0.3 is 0 Å². The molecule has 1 saturated heterocycles. The fourth-order valence-electron chi connectivity index (χ4n) is 4.26. The van der Waals surface area contributed by atoms with Gasteiger partial charge in [0.15, 0.2) is 5.78 Å². The molecule has 6 nitrogen and oxygen atoms in total. The quantitative estimate of drug-likeness (QED) is 0.572. The summed E-state index contributed by atoms with van der Waals surface area (Å²) in [5, 5.41) is 0. The third kappa shape index (κ3) is 4.99. The van der Waals surface area contributed by atoms with Gasteiger partial charge in [-0.2, -0.15) is 4.31 Å². The molecule has 1 fully saturated rings. The number of hydrogen-bond acceptors (Lipinski definition) is 5. The first-order valence-electron chi connectivity index (χ1n) is 10.8. The van der Waals surface area contributed by atoms with Crippen LogP contribution in [0, 0.1) is 17.6 Å². The maximum Gasteiger partial charge on any atom is 0.245 e. The van der Waals surface area contributed by atoms with Gasteiger partial charge in [0.1, 0.15) is 22.3 Å². The van der Waals surface area contributed by atoms with Crippen molar-refractivity contribution in [3.63, 3.8) is 0 Å². The number of Topliss-reactive ketones (excluding diaryl/α,β-unsaturated/α-hetero) is 1. The van der Waals surface area contributed by atoms with Crippen molar-refractivity contribution in [1.82, 2.24) is 9.29 Å². The van der Waals surface area contributed by atoms with Gasteiger partial charge in [-0.15, -0.1) is 0 Å². The Hall–Kier alpha value is -2.39. The first kappa shape index (κ1) is 24.3. The predicted octanol–water partition coefficient (Wildman–Crippen LogP) is 4.27. The van der Waals surface area contributed by atoms with Crippen molar-refractivity contribution in [2.75, 3.05) is 18.0 Å². The molecule has 9 heteroatoms. The van der Waals surface area contributed by atoms with Gasteiger partial charge in [0, 0.05) is 37.3 Å². The molecule has 2 heterocycles. The number of carbonyl (C=O) groups excluding carboxylic acids is 1. The van der Waals surface area contributed by atoms with Gasteiger partial charge in [-0.1, -0.05) is 0 Å². The molecule has 32 heavy (non-hydrogen) atoms. The Labute approximate surface area is 188 Å². The van der Waals surface area contributed by atoms with Crippen LogP contribution in [0.1, 0.15) is 50.9 Å². The second kappa shape index (κ2) is 9.62. The Morgan fingerprint density at radius 1 is 1.06 bits per heavy atom. The summed E-state index contributed by atoms with van der Waals surface area (Å²) in [6.45, 7) is 8.36. The van der Waals surface area contributed by atoms with E-state index in [2.05, 4.69) is 4.98 Å². The highest BCUT2D eigenvalue weighted by atomic mass is 32.2. The summed E-state index contributed by atoms with van der Waals surface area (Å²) in [5.41, 5.74) is -0.212. The number of rotatable bonds is 7. The van der Waals surface area contributed by atoms with E-state index in [-0.39, 0.29) is 22.5 Å². The number of aromatic nitrogens is 1. The number of nitrogens with zero attached hydrogens (tertiary/aromatic N) is 3. The molecule has 0 N–H and O–H groups in total. The monoisotopic (exact) mass is 465 g/mol. The van der Waals surface area contributed by atoms with Gasteiger partial charge in [-0.25, -0.2) is 22.2 Å². The Balaban J connectivity index is 1.69. The van der Waals surface area contributed by atoms with Crippen LogP contribution in [0.4, 0.5) is 14.6 Å². The maximum atomic E-state index is 13.9. The van der Waals surface area contributed by atoms with E-state index in [4.69, 9.17) is 0 Å². The first-order chi connectivity index (χ1) is 15.0. The lowest BCUT2D eigenvalue weighted by Gasteiger charge is -2.32. The lowest BCUT2D eigenvalue weighted by atomic mass is 9.88. The van der Waals surface area contributed by atoms with E-state index in [0.717, 1.165) is 18.2 Å². The van der Waals surface area contributed by atoms with Crippen LogP contribution in [-0.2, 0) is 10.0 Å². The second-order valence-corrected chi connectivity index (χ2v) is 10.5. The number of halogens is 2. The Kier molecular flexibility index (Phi) is 7.29. The standard InChI is InChI=1S/C23H29F2N3O3S/c1-15(2)28(16(3)4)32(30,31)19-6-8-22(26-14-19)27-11-9-17(10-12-27)23(29)20-13-18(24)5-7-21(20)25/h5-8,13-17H,9-12H2,1-4H3. The summed E-state index contributed by atoms with van der Waals surface area (Å²) in [6.07, 6.45) is 2.32. The van der Waals surface area contributed by atoms with Crippen LogP contribution in [0.3, 0.4) is 0 Å². The lowest BCUT2D eigenvalue weighted by molar-refractivity contribution is 0.0895. The molecular weight excluding hydrogens is 436 g/mol. The third-order valence-corrected chi connectivity index (χ3v) is 7.93. The van der Waals surface area contributed by atoms with Gasteiger partial charge < -0.3 is 4.90 Å². The van der Waals surface area contributed by atoms with Gasteiger partial charge in [-0.05, 0) is 70.9 Å².